The third kappa shape index (κ3) is 13.9. The van der Waals surface area contributed by atoms with Gasteiger partial charge in [0.05, 0.1) is 24.8 Å². The molecule has 0 unspecified atom stereocenters. The van der Waals surface area contributed by atoms with Crippen molar-refractivity contribution in [3.63, 3.8) is 0 Å². The minimum absolute atomic E-state index is 0.00847. The van der Waals surface area contributed by atoms with Gasteiger partial charge in [0, 0.05) is 44.2 Å². The van der Waals surface area contributed by atoms with Crippen molar-refractivity contribution >= 4 is 17.9 Å². The van der Waals surface area contributed by atoms with Gasteiger partial charge in [-0.2, -0.15) is 0 Å². The summed E-state index contributed by atoms with van der Waals surface area (Å²) >= 11 is 0. The molecule has 3 aromatic rings. The standard InChI is InChI=1S/C58H79N3O11/c1-4-7-8-9-10-11-12-13-14-20-31-59-56(64)71-45-28-30-50-48(37-45)54-46(26-19-22-33-63)44(25-18-21-32-62)36-47-49(60-70-40-42-23-16-15-17-24-42)38-53(58(72-50,55(47)54)69-34-5-2)61(57(65)66-6-3)39-43-27-29-51-52(35-43)68-41-67-51/h5,15-17,23-24,27-30,35-37,44,46,53-55,62-63H,2,4,6-14,18-22,25-26,31-34,38-41H2,1,3H3,(H,59,64)/t44-,46+,53-,54+,55+,58+/m0/s1. The van der Waals surface area contributed by atoms with Gasteiger partial charge in [0.1, 0.15) is 24.1 Å². The molecule has 3 N–H and O–H groups in total. The fourth-order valence-electron chi connectivity index (χ4n) is 11.2. The number of benzene rings is 3. The summed E-state index contributed by atoms with van der Waals surface area (Å²) in [7, 11) is 0. The zero-order valence-electron chi connectivity index (χ0n) is 42.7. The fourth-order valence-corrected chi connectivity index (χ4v) is 11.2. The second-order valence-corrected chi connectivity index (χ2v) is 19.5. The first-order valence-corrected chi connectivity index (χ1v) is 26.9. The van der Waals surface area contributed by atoms with Gasteiger partial charge in [0.25, 0.3) is 0 Å². The van der Waals surface area contributed by atoms with Crippen molar-refractivity contribution in [2.75, 3.05) is 39.8 Å². The van der Waals surface area contributed by atoms with Crippen molar-refractivity contribution in [3.8, 4) is 23.0 Å². The smallest absolute Gasteiger partial charge is 0.412 e. The molecule has 14 nitrogen and oxygen atoms in total. The molecule has 14 heteroatoms. The van der Waals surface area contributed by atoms with Crippen LogP contribution in [0.3, 0.4) is 0 Å². The summed E-state index contributed by atoms with van der Waals surface area (Å²) in [6.45, 7) is 9.39. The Bertz CT molecular complexity index is 2250. The second-order valence-electron chi connectivity index (χ2n) is 19.5. The van der Waals surface area contributed by atoms with E-state index in [1.807, 2.05) is 60.7 Å². The molecular weight excluding hydrogens is 915 g/mol. The molecule has 2 heterocycles. The zero-order chi connectivity index (χ0) is 50.5. The molecule has 2 aliphatic heterocycles. The van der Waals surface area contributed by atoms with Crippen LogP contribution in [0.25, 0.3) is 0 Å². The number of rotatable bonds is 30. The lowest BCUT2D eigenvalue weighted by atomic mass is 9.55. The summed E-state index contributed by atoms with van der Waals surface area (Å²) in [5, 5.41) is 28.0. The van der Waals surface area contributed by atoms with Gasteiger partial charge in [0.15, 0.2) is 11.5 Å². The average molecular weight is 994 g/mol. The third-order valence-electron chi connectivity index (χ3n) is 14.6. The number of nitrogens with one attached hydrogen (secondary N) is 1. The first-order valence-electron chi connectivity index (χ1n) is 26.9. The summed E-state index contributed by atoms with van der Waals surface area (Å²) in [6.07, 6.45) is 19.5. The number of aliphatic hydroxyl groups excluding tert-OH is 2. The van der Waals surface area contributed by atoms with E-state index in [1.165, 1.54) is 44.9 Å². The summed E-state index contributed by atoms with van der Waals surface area (Å²) in [6, 6.07) is 20.1. The molecule has 2 amide bonds. The minimum atomic E-state index is -1.53. The third-order valence-corrected chi connectivity index (χ3v) is 14.6. The van der Waals surface area contributed by atoms with Gasteiger partial charge in [-0.1, -0.05) is 131 Å². The lowest BCUT2D eigenvalue weighted by Gasteiger charge is -2.59. The van der Waals surface area contributed by atoms with Crippen LogP contribution >= 0.6 is 0 Å². The van der Waals surface area contributed by atoms with E-state index in [0.717, 1.165) is 67.2 Å². The Morgan fingerprint density at radius 1 is 0.833 bits per heavy atom. The van der Waals surface area contributed by atoms with Crippen molar-refractivity contribution in [1.29, 1.82) is 0 Å². The Morgan fingerprint density at radius 2 is 1.56 bits per heavy atom. The zero-order valence-corrected chi connectivity index (χ0v) is 42.7. The van der Waals surface area contributed by atoms with Crippen LogP contribution in [0.1, 0.15) is 146 Å². The second kappa shape index (κ2) is 28.0. The summed E-state index contributed by atoms with van der Waals surface area (Å²) in [5.74, 6) is -0.337. The van der Waals surface area contributed by atoms with E-state index < -0.39 is 29.9 Å². The highest BCUT2D eigenvalue weighted by Crippen LogP contribution is 2.62. The van der Waals surface area contributed by atoms with E-state index in [0.29, 0.717) is 48.1 Å². The number of unbranched alkanes of at least 4 members (excludes halogenated alkanes) is 11. The largest absolute Gasteiger partial charge is 0.459 e. The van der Waals surface area contributed by atoms with Gasteiger partial charge < -0.3 is 48.8 Å². The molecule has 1 saturated carbocycles. The van der Waals surface area contributed by atoms with Gasteiger partial charge in [-0.25, -0.2) is 9.59 Å². The number of allylic oxidation sites excluding steroid dienone is 1. The minimum Gasteiger partial charge on any atom is -0.459 e. The van der Waals surface area contributed by atoms with E-state index in [4.69, 9.17) is 38.4 Å². The van der Waals surface area contributed by atoms with Crippen LogP contribution < -0.4 is 24.3 Å². The average Bonchev–Trinajstić information content (AvgIpc) is 3.86. The topological polar surface area (TPSA) is 167 Å². The van der Waals surface area contributed by atoms with E-state index in [1.54, 1.807) is 24.0 Å². The molecular formula is C58H79N3O11. The monoisotopic (exact) mass is 994 g/mol. The van der Waals surface area contributed by atoms with Crippen LogP contribution in [0.5, 0.6) is 23.0 Å². The number of nitrogens with zero attached hydrogens (tertiary/aromatic N) is 2. The number of oxime groups is 1. The normalized spacial score (nSPS) is 22.0. The highest BCUT2D eigenvalue weighted by molar-refractivity contribution is 6.03. The van der Waals surface area contributed by atoms with E-state index in [9.17, 15) is 19.8 Å². The highest BCUT2D eigenvalue weighted by atomic mass is 16.7. The molecule has 0 aromatic heterocycles. The molecule has 0 saturated heterocycles. The van der Waals surface area contributed by atoms with Crippen LogP contribution in [0.15, 0.2) is 96.2 Å². The van der Waals surface area contributed by atoms with Crippen molar-refractivity contribution < 1.29 is 53.1 Å². The number of carbonyl (C=O) groups excluding carboxylic acids is 2. The molecule has 0 spiro atoms. The van der Waals surface area contributed by atoms with Crippen molar-refractivity contribution in [2.24, 2.45) is 22.9 Å². The lowest BCUT2D eigenvalue weighted by Crippen LogP contribution is -2.70. The first-order chi connectivity index (χ1) is 35.3. The van der Waals surface area contributed by atoms with Crippen molar-refractivity contribution in [3.05, 3.63) is 108 Å². The number of ether oxygens (including phenoxy) is 6. The predicted molar refractivity (Wildman–Crippen MR) is 277 cm³/mol. The number of fused-ring (bicyclic) bond motifs is 3. The molecule has 7 rings (SSSR count). The van der Waals surface area contributed by atoms with Crippen LogP contribution in [0.4, 0.5) is 9.59 Å². The highest BCUT2D eigenvalue weighted by Gasteiger charge is 2.65. The van der Waals surface area contributed by atoms with Crippen molar-refractivity contribution in [2.45, 2.75) is 154 Å². The van der Waals surface area contributed by atoms with E-state index in [-0.39, 0.29) is 70.5 Å². The Balaban J connectivity index is 1.28. The van der Waals surface area contributed by atoms with Gasteiger partial charge in [-0.05, 0) is 97.9 Å². The maximum absolute atomic E-state index is 14.7. The number of amides is 2. The Kier molecular flexibility index (Phi) is 21.1. The van der Waals surface area contributed by atoms with Crippen molar-refractivity contribution in [1.82, 2.24) is 10.2 Å². The SMILES string of the molecule is C=CCO[C@@]12Oc3ccc(OC(=O)NCCCCCCCCCCCC)cc3[C@H]3[C@H](CCCCO)[C@@H](CCCCO)C=C(C(=NOCc4ccccc4)C[C@@H]1N(Cc1ccc4c(c1)OCO4)C(=O)OCC)[C@H]32. The maximum atomic E-state index is 14.7. The molecule has 3 aromatic carbocycles. The van der Waals surface area contributed by atoms with Gasteiger partial charge in [-0.15, -0.1) is 6.58 Å². The molecule has 2 aliphatic carbocycles. The molecule has 0 bridgehead atoms. The number of carbonyl (C=O) groups is 2. The fraction of sp³-hybridized carbons (Fsp3) is 0.569. The molecule has 4 aliphatic rings. The molecule has 6 atom stereocenters. The Labute approximate surface area is 427 Å². The quantitative estimate of drug-likeness (QED) is 0.0330. The van der Waals surface area contributed by atoms with Gasteiger partial charge in [-0.3, -0.25) is 4.90 Å². The number of aliphatic hydroxyl groups is 2. The number of hydrogen-bond acceptors (Lipinski definition) is 12. The molecule has 72 heavy (non-hydrogen) atoms. The predicted octanol–water partition coefficient (Wildman–Crippen LogP) is 11.9. The summed E-state index contributed by atoms with van der Waals surface area (Å²) in [5.41, 5.74) is 4.11. The van der Waals surface area contributed by atoms with Gasteiger partial charge in [0.2, 0.25) is 12.6 Å². The Hall–Kier alpha value is -5.57. The van der Waals surface area contributed by atoms with Gasteiger partial charge >= 0.3 is 12.2 Å². The van der Waals surface area contributed by atoms with Crippen LogP contribution in [0.2, 0.25) is 0 Å². The maximum Gasteiger partial charge on any atom is 0.412 e. The molecule has 1 fully saturated rings. The van der Waals surface area contributed by atoms with Crippen LogP contribution in [-0.2, 0) is 27.5 Å². The lowest BCUT2D eigenvalue weighted by molar-refractivity contribution is -0.256. The summed E-state index contributed by atoms with van der Waals surface area (Å²) in [4.78, 5) is 36.1. The Morgan fingerprint density at radius 3 is 2.29 bits per heavy atom. The first kappa shape index (κ1) is 54.2. The molecule has 0 radical (unpaired) electrons. The van der Waals surface area contributed by atoms with Crippen LogP contribution in [0, 0.1) is 17.8 Å². The number of hydrogen-bond donors (Lipinski definition) is 3. The summed E-state index contributed by atoms with van der Waals surface area (Å²) < 4.78 is 37.9. The van der Waals surface area contributed by atoms with E-state index >= 15 is 0 Å². The van der Waals surface area contributed by atoms with E-state index in [2.05, 4.69) is 24.9 Å². The molecule has 392 valence electrons. The van der Waals surface area contributed by atoms with Crippen LogP contribution in [-0.4, -0.2) is 84.6 Å².